The van der Waals surface area contributed by atoms with Crippen LogP contribution in [0.1, 0.15) is 25.0 Å². The van der Waals surface area contributed by atoms with Gasteiger partial charge in [-0.1, -0.05) is 17.7 Å². The number of halogens is 1. The van der Waals surface area contributed by atoms with Gasteiger partial charge in [0.1, 0.15) is 0 Å². The molecule has 1 saturated heterocycles. The molecule has 1 atom stereocenters. The highest BCUT2D eigenvalue weighted by Gasteiger charge is 2.39. The maximum absolute atomic E-state index is 12.9. The summed E-state index contributed by atoms with van der Waals surface area (Å²) in [6.45, 7) is 8.17. The average molecular weight is 332 g/mol. The fourth-order valence-electron chi connectivity index (χ4n) is 2.73. The van der Waals surface area contributed by atoms with Crippen LogP contribution in [0.25, 0.3) is 0 Å². The Balaban J connectivity index is 2.38. The maximum Gasteiger partial charge on any atom is 0.243 e. The molecule has 4 nitrogen and oxygen atoms in total. The summed E-state index contributed by atoms with van der Waals surface area (Å²) < 4.78 is 33.1. The number of hydrogen-bond donors (Lipinski definition) is 0. The largest absolute Gasteiger partial charge is 0.368 e. The van der Waals surface area contributed by atoms with Crippen molar-refractivity contribution in [1.29, 1.82) is 0 Å². The molecule has 0 saturated carbocycles. The minimum atomic E-state index is -3.53. The van der Waals surface area contributed by atoms with Crippen molar-refractivity contribution in [2.24, 2.45) is 0 Å². The lowest BCUT2D eigenvalue weighted by atomic mass is 10.1. The number of morpholine rings is 1. The molecular weight excluding hydrogens is 310 g/mol. The molecule has 0 N–H and O–H groups in total. The van der Waals surface area contributed by atoms with Crippen LogP contribution in [0.2, 0.25) is 0 Å². The van der Waals surface area contributed by atoms with Gasteiger partial charge in [0.25, 0.3) is 0 Å². The van der Waals surface area contributed by atoms with Crippen molar-refractivity contribution in [1.82, 2.24) is 4.31 Å². The monoisotopic (exact) mass is 331 g/mol. The Morgan fingerprint density at radius 3 is 2.62 bits per heavy atom. The molecule has 21 heavy (non-hydrogen) atoms. The predicted octanol–water partition coefficient (Wildman–Crippen LogP) is 2.71. The highest BCUT2D eigenvalue weighted by Crippen LogP contribution is 2.28. The standard InChI is InChI=1S/C15H22ClNO3S/c1-11-5-6-14(12(2)7-11)21(18,19)17-9-13(8-16)20-15(3,4)10-17/h5-7,13H,8-10H2,1-4H3. The molecule has 0 radical (unpaired) electrons. The van der Waals surface area contributed by atoms with Crippen molar-refractivity contribution < 1.29 is 13.2 Å². The Labute approximate surface area is 132 Å². The number of aryl methyl sites for hydroxylation is 2. The van der Waals surface area contributed by atoms with E-state index >= 15 is 0 Å². The molecule has 6 heteroatoms. The molecule has 2 rings (SSSR count). The van der Waals surface area contributed by atoms with E-state index in [1.54, 1.807) is 6.07 Å². The summed E-state index contributed by atoms with van der Waals surface area (Å²) in [5.74, 6) is 0.280. The molecule has 1 unspecified atom stereocenters. The van der Waals surface area contributed by atoms with E-state index in [2.05, 4.69) is 0 Å². The first-order valence-corrected chi connectivity index (χ1v) is 8.94. The molecule has 0 spiro atoms. The van der Waals surface area contributed by atoms with Crippen LogP contribution in [0.15, 0.2) is 23.1 Å². The third-order valence-electron chi connectivity index (χ3n) is 3.57. The fourth-order valence-corrected chi connectivity index (χ4v) is 4.72. The van der Waals surface area contributed by atoms with Crippen LogP contribution >= 0.6 is 11.6 Å². The van der Waals surface area contributed by atoms with E-state index in [9.17, 15) is 8.42 Å². The number of hydrogen-bond acceptors (Lipinski definition) is 3. The highest BCUT2D eigenvalue weighted by atomic mass is 35.5. The molecule has 1 aromatic rings. The second kappa shape index (κ2) is 5.88. The van der Waals surface area contributed by atoms with Crippen molar-refractivity contribution >= 4 is 21.6 Å². The summed E-state index contributed by atoms with van der Waals surface area (Å²) in [5.41, 5.74) is 1.28. The van der Waals surface area contributed by atoms with E-state index in [1.807, 2.05) is 39.8 Å². The van der Waals surface area contributed by atoms with E-state index in [0.717, 1.165) is 11.1 Å². The Morgan fingerprint density at radius 2 is 2.05 bits per heavy atom. The van der Waals surface area contributed by atoms with E-state index in [4.69, 9.17) is 16.3 Å². The molecule has 1 aliphatic rings. The van der Waals surface area contributed by atoms with Gasteiger partial charge in [0.15, 0.2) is 0 Å². The van der Waals surface area contributed by atoms with E-state index in [0.29, 0.717) is 18.0 Å². The summed E-state index contributed by atoms with van der Waals surface area (Å²) in [5, 5.41) is 0. The van der Waals surface area contributed by atoms with Gasteiger partial charge in [-0.25, -0.2) is 8.42 Å². The lowest BCUT2D eigenvalue weighted by Gasteiger charge is -2.41. The second-order valence-electron chi connectivity index (χ2n) is 6.22. The number of sulfonamides is 1. The van der Waals surface area contributed by atoms with Crippen LogP contribution in [0.4, 0.5) is 0 Å². The fraction of sp³-hybridized carbons (Fsp3) is 0.600. The summed E-state index contributed by atoms with van der Waals surface area (Å²) in [4.78, 5) is 0.360. The van der Waals surface area contributed by atoms with E-state index < -0.39 is 15.6 Å². The van der Waals surface area contributed by atoms with Gasteiger partial charge in [-0.05, 0) is 39.3 Å². The van der Waals surface area contributed by atoms with Crippen LogP contribution in [0.3, 0.4) is 0 Å². The van der Waals surface area contributed by atoms with Crippen LogP contribution in [0, 0.1) is 13.8 Å². The summed E-state index contributed by atoms with van der Waals surface area (Å²) in [7, 11) is -3.53. The lowest BCUT2D eigenvalue weighted by molar-refractivity contribution is -0.107. The van der Waals surface area contributed by atoms with Gasteiger partial charge in [0.2, 0.25) is 10.0 Å². The number of nitrogens with zero attached hydrogens (tertiary/aromatic N) is 1. The Morgan fingerprint density at radius 1 is 1.38 bits per heavy atom. The number of rotatable bonds is 3. The van der Waals surface area contributed by atoms with Gasteiger partial charge < -0.3 is 4.74 Å². The second-order valence-corrected chi connectivity index (χ2v) is 8.44. The normalized spacial score (nSPS) is 23.2. The van der Waals surface area contributed by atoms with Crippen LogP contribution in [0.5, 0.6) is 0 Å². The SMILES string of the molecule is Cc1ccc(S(=O)(=O)N2CC(CCl)OC(C)(C)C2)c(C)c1. The zero-order valence-corrected chi connectivity index (χ0v) is 14.5. The topological polar surface area (TPSA) is 46.6 Å². The minimum Gasteiger partial charge on any atom is -0.368 e. The van der Waals surface area contributed by atoms with Gasteiger partial charge in [-0.3, -0.25) is 0 Å². The summed E-state index contributed by atoms with van der Waals surface area (Å²) in [6, 6.07) is 5.39. The summed E-state index contributed by atoms with van der Waals surface area (Å²) >= 11 is 5.87. The average Bonchev–Trinajstić information content (AvgIpc) is 2.36. The quantitative estimate of drug-likeness (QED) is 0.800. The molecular formula is C15H22ClNO3S. The van der Waals surface area contributed by atoms with Crippen molar-refractivity contribution in [3.63, 3.8) is 0 Å². The number of alkyl halides is 1. The first kappa shape index (κ1) is 16.7. The van der Waals surface area contributed by atoms with Crippen molar-refractivity contribution in [2.75, 3.05) is 19.0 Å². The van der Waals surface area contributed by atoms with E-state index in [-0.39, 0.29) is 12.0 Å². The Bertz CT molecular complexity index is 628. The first-order valence-electron chi connectivity index (χ1n) is 6.97. The van der Waals surface area contributed by atoms with Crippen LogP contribution in [-0.2, 0) is 14.8 Å². The molecule has 1 aliphatic heterocycles. The minimum absolute atomic E-state index is 0.280. The van der Waals surface area contributed by atoms with Crippen molar-refractivity contribution in [3.05, 3.63) is 29.3 Å². The third-order valence-corrected chi connectivity index (χ3v) is 5.89. The van der Waals surface area contributed by atoms with Gasteiger partial charge in [-0.15, -0.1) is 11.6 Å². The first-order chi connectivity index (χ1) is 9.65. The van der Waals surface area contributed by atoms with Crippen molar-refractivity contribution in [3.8, 4) is 0 Å². The molecule has 118 valence electrons. The Kier molecular flexibility index (Phi) is 4.69. The van der Waals surface area contributed by atoms with Crippen molar-refractivity contribution in [2.45, 2.75) is 44.3 Å². The zero-order valence-electron chi connectivity index (χ0n) is 12.9. The third kappa shape index (κ3) is 3.59. The molecule has 1 heterocycles. The van der Waals surface area contributed by atoms with Gasteiger partial charge in [-0.2, -0.15) is 4.31 Å². The van der Waals surface area contributed by atoms with Gasteiger partial charge in [0, 0.05) is 19.0 Å². The number of benzene rings is 1. The van der Waals surface area contributed by atoms with E-state index in [1.165, 1.54) is 4.31 Å². The number of ether oxygens (including phenoxy) is 1. The molecule has 1 aromatic carbocycles. The molecule has 1 fully saturated rings. The highest BCUT2D eigenvalue weighted by molar-refractivity contribution is 7.89. The molecule has 0 aliphatic carbocycles. The van der Waals surface area contributed by atoms with Crippen LogP contribution in [-0.4, -0.2) is 43.4 Å². The maximum atomic E-state index is 12.9. The molecule has 0 bridgehead atoms. The summed E-state index contributed by atoms with van der Waals surface area (Å²) in [6.07, 6.45) is -0.282. The van der Waals surface area contributed by atoms with Crippen LogP contribution < -0.4 is 0 Å². The molecule has 0 aromatic heterocycles. The zero-order chi connectivity index (χ0) is 15.8. The molecule has 0 amide bonds. The Hall–Kier alpha value is -0.620. The lowest BCUT2D eigenvalue weighted by Crippen LogP contribution is -2.55. The smallest absolute Gasteiger partial charge is 0.243 e. The van der Waals surface area contributed by atoms with Gasteiger partial charge >= 0.3 is 0 Å². The van der Waals surface area contributed by atoms with Gasteiger partial charge in [0.05, 0.1) is 16.6 Å². The predicted molar refractivity (Wildman–Crippen MR) is 84.3 cm³/mol.